The van der Waals surface area contributed by atoms with Gasteiger partial charge in [-0.25, -0.2) is 4.57 Å². The van der Waals surface area contributed by atoms with Gasteiger partial charge in [0.05, 0.1) is 39.9 Å². The number of quaternary nitrogens is 1. The van der Waals surface area contributed by atoms with Gasteiger partial charge >= 0.3 is 7.82 Å². The molecular formula is C72H144N2O6P+. The second kappa shape index (κ2) is 63.5. The number of nitrogens with one attached hydrogen (secondary N) is 1. The van der Waals surface area contributed by atoms with E-state index in [9.17, 15) is 19.4 Å². The molecule has 0 aliphatic rings. The molecule has 0 saturated carbocycles. The Labute approximate surface area is 506 Å². The lowest BCUT2D eigenvalue weighted by Gasteiger charge is -2.25. The van der Waals surface area contributed by atoms with Crippen molar-refractivity contribution in [2.75, 3.05) is 40.9 Å². The summed E-state index contributed by atoms with van der Waals surface area (Å²) in [4.78, 5) is 23.4. The van der Waals surface area contributed by atoms with E-state index < -0.39 is 20.0 Å². The van der Waals surface area contributed by atoms with Gasteiger partial charge in [0.2, 0.25) is 5.91 Å². The van der Waals surface area contributed by atoms with E-state index in [1.54, 1.807) is 6.08 Å². The van der Waals surface area contributed by atoms with Crippen LogP contribution in [0.2, 0.25) is 0 Å². The van der Waals surface area contributed by atoms with Crippen LogP contribution in [0.15, 0.2) is 24.3 Å². The summed E-state index contributed by atoms with van der Waals surface area (Å²) in [5.74, 6) is -0.178. The van der Waals surface area contributed by atoms with Gasteiger partial charge in [-0.3, -0.25) is 13.8 Å². The first-order valence-electron chi connectivity index (χ1n) is 36.2. The van der Waals surface area contributed by atoms with Crippen molar-refractivity contribution < 1.29 is 32.9 Å². The summed E-state index contributed by atoms with van der Waals surface area (Å²) in [6.45, 7) is 4.85. The minimum Gasteiger partial charge on any atom is -0.387 e. The molecule has 8 nitrogen and oxygen atoms in total. The number of carbonyl (C=O) groups excluding carboxylic acids is 1. The van der Waals surface area contributed by atoms with Gasteiger partial charge in [-0.15, -0.1) is 0 Å². The molecule has 0 aromatic rings. The van der Waals surface area contributed by atoms with Gasteiger partial charge in [-0.1, -0.05) is 366 Å². The molecule has 0 radical (unpaired) electrons. The molecule has 0 bridgehead atoms. The summed E-state index contributed by atoms with van der Waals surface area (Å²) < 4.78 is 23.8. The van der Waals surface area contributed by atoms with Crippen LogP contribution in [0.1, 0.15) is 380 Å². The highest BCUT2D eigenvalue weighted by Gasteiger charge is 2.28. The maximum absolute atomic E-state index is 13.0. The molecule has 0 aromatic carbocycles. The summed E-state index contributed by atoms with van der Waals surface area (Å²) in [5.41, 5.74) is 0. The number of rotatable bonds is 68. The molecule has 1 amide bonds. The van der Waals surface area contributed by atoms with Crippen LogP contribution in [0.3, 0.4) is 0 Å². The Kier molecular flexibility index (Phi) is 62.7. The number of aliphatic hydroxyl groups excluding tert-OH is 1. The number of hydrogen-bond donors (Lipinski definition) is 3. The van der Waals surface area contributed by atoms with Crippen molar-refractivity contribution in [3.8, 4) is 0 Å². The summed E-state index contributed by atoms with van der Waals surface area (Å²) in [6, 6.07) is -0.861. The van der Waals surface area contributed by atoms with Crippen LogP contribution in [-0.4, -0.2) is 73.4 Å². The maximum Gasteiger partial charge on any atom is 0.472 e. The van der Waals surface area contributed by atoms with Gasteiger partial charge in [-0.05, 0) is 32.1 Å². The zero-order valence-corrected chi connectivity index (χ0v) is 56.2. The van der Waals surface area contributed by atoms with Crippen molar-refractivity contribution in [3.63, 3.8) is 0 Å². The lowest BCUT2D eigenvalue weighted by molar-refractivity contribution is -0.870. The van der Waals surface area contributed by atoms with E-state index in [4.69, 9.17) is 9.05 Å². The minimum atomic E-state index is -4.36. The molecule has 0 fully saturated rings. The van der Waals surface area contributed by atoms with Gasteiger partial charge in [0.25, 0.3) is 0 Å². The minimum absolute atomic E-state index is 0.0589. The lowest BCUT2D eigenvalue weighted by atomic mass is 10.0. The van der Waals surface area contributed by atoms with E-state index in [1.807, 2.05) is 27.2 Å². The normalized spacial score (nSPS) is 13.7. The molecule has 0 spiro atoms. The first kappa shape index (κ1) is 80.0. The van der Waals surface area contributed by atoms with E-state index in [1.165, 1.54) is 321 Å². The molecule has 3 unspecified atom stereocenters. The van der Waals surface area contributed by atoms with Crippen LogP contribution in [0.5, 0.6) is 0 Å². The van der Waals surface area contributed by atoms with Crippen LogP contribution >= 0.6 is 7.82 Å². The van der Waals surface area contributed by atoms with Gasteiger partial charge in [0.15, 0.2) is 0 Å². The fraction of sp³-hybridized carbons (Fsp3) is 0.931. The third-order valence-corrected chi connectivity index (χ3v) is 17.9. The van der Waals surface area contributed by atoms with Crippen molar-refractivity contribution in [3.05, 3.63) is 24.3 Å². The van der Waals surface area contributed by atoms with Gasteiger partial charge in [0.1, 0.15) is 13.2 Å². The van der Waals surface area contributed by atoms with E-state index >= 15 is 0 Å². The highest BCUT2D eigenvalue weighted by molar-refractivity contribution is 7.47. The second-order valence-corrected chi connectivity index (χ2v) is 27.8. The molecule has 81 heavy (non-hydrogen) atoms. The third kappa shape index (κ3) is 66.4. The van der Waals surface area contributed by atoms with Crippen molar-refractivity contribution in [1.29, 1.82) is 0 Å². The van der Waals surface area contributed by atoms with Crippen molar-refractivity contribution >= 4 is 13.7 Å². The third-order valence-electron chi connectivity index (χ3n) is 16.9. The number of nitrogens with zero attached hydrogens (tertiary/aromatic N) is 1. The lowest BCUT2D eigenvalue weighted by Crippen LogP contribution is -2.45. The first-order valence-corrected chi connectivity index (χ1v) is 37.7. The Balaban J connectivity index is 3.87. The summed E-state index contributed by atoms with van der Waals surface area (Å²) >= 11 is 0. The Morgan fingerprint density at radius 1 is 0.407 bits per heavy atom. The molecule has 3 atom stereocenters. The van der Waals surface area contributed by atoms with E-state index in [0.29, 0.717) is 17.4 Å². The molecule has 0 aliphatic carbocycles. The average Bonchev–Trinajstić information content (AvgIpc) is 3.43. The molecule has 3 N–H and O–H groups in total. The summed E-state index contributed by atoms with van der Waals surface area (Å²) in [7, 11) is 1.57. The Morgan fingerprint density at radius 2 is 0.679 bits per heavy atom. The molecule has 482 valence electrons. The zero-order valence-electron chi connectivity index (χ0n) is 55.3. The fourth-order valence-corrected chi connectivity index (χ4v) is 12.0. The quantitative estimate of drug-likeness (QED) is 0.0243. The topological polar surface area (TPSA) is 105 Å². The first-order chi connectivity index (χ1) is 39.5. The molecule has 0 heterocycles. The van der Waals surface area contributed by atoms with E-state index in [0.717, 1.165) is 38.5 Å². The van der Waals surface area contributed by atoms with Crippen LogP contribution < -0.4 is 5.32 Å². The van der Waals surface area contributed by atoms with E-state index in [-0.39, 0.29) is 19.1 Å². The van der Waals surface area contributed by atoms with Crippen LogP contribution in [0.25, 0.3) is 0 Å². The molecular weight excluding hydrogens is 1020 g/mol. The van der Waals surface area contributed by atoms with Crippen LogP contribution in [0.4, 0.5) is 0 Å². The van der Waals surface area contributed by atoms with Gasteiger partial charge in [0, 0.05) is 6.42 Å². The number of aliphatic hydroxyl groups is 1. The Morgan fingerprint density at radius 3 is 0.988 bits per heavy atom. The zero-order chi connectivity index (χ0) is 59.1. The van der Waals surface area contributed by atoms with Crippen molar-refractivity contribution in [2.24, 2.45) is 0 Å². The summed E-state index contributed by atoms with van der Waals surface area (Å²) in [5, 5.41) is 14.0. The highest BCUT2D eigenvalue weighted by atomic mass is 31.2. The number of phosphoric ester groups is 1. The number of hydrogen-bond acceptors (Lipinski definition) is 5. The molecule has 0 saturated heterocycles. The molecule has 0 aliphatic heterocycles. The number of unbranched alkanes of at least 4 members (excludes halogenated alkanes) is 53. The SMILES string of the molecule is CCCCCCCCCCCCCC/C=C/CC/C=C/C(O)C(COP(=O)(O)OCC[N+](C)(C)C)NC(=O)CCCCCCCCCCCCCCCCCCCCCCCCCCCCCCCCCCCCCCCCCCC. The van der Waals surface area contributed by atoms with Crippen molar-refractivity contribution in [2.45, 2.75) is 392 Å². The smallest absolute Gasteiger partial charge is 0.387 e. The number of allylic oxidation sites excluding steroid dienone is 3. The van der Waals surface area contributed by atoms with Crippen molar-refractivity contribution in [1.82, 2.24) is 5.32 Å². The monoisotopic (exact) mass is 1160 g/mol. The largest absolute Gasteiger partial charge is 0.472 e. The van der Waals surface area contributed by atoms with Gasteiger partial charge < -0.3 is 19.8 Å². The Bertz CT molecular complexity index is 1370. The maximum atomic E-state index is 13.0. The molecule has 0 rings (SSSR count). The molecule has 9 heteroatoms. The predicted octanol–water partition coefficient (Wildman–Crippen LogP) is 23.1. The standard InChI is InChI=1S/C72H143N2O6P/c1-6-8-10-12-14-16-18-20-22-24-26-27-28-29-30-31-32-33-34-35-36-37-38-39-40-41-42-43-44-45-46-47-48-50-52-54-56-58-60-62-64-66-72(76)73-70(69-80-81(77,78)79-68-67-74(3,4)5)71(75)65-63-61-59-57-55-53-51-49-25-23-21-19-17-15-13-11-9-7-2/h55,57,63,65,70-71,75H,6-54,56,58-62,64,66-69H2,1-5H3,(H-,73,76,77,78)/p+1/b57-55+,65-63+. The van der Waals surface area contributed by atoms with Crippen LogP contribution in [-0.2, 0) is 18.4 Å². The highest BCUT2D eigenvalue weighted by Crippen LogP contribution is 2.43. The molecule has 0 aromatic heterocycles. The van der Waals surface area contributed by atoms with Crippen LogP contribution in [0, 0.1) is 0 Å². The Hall–Kier alpha value is -1.02. The number of amides is 1. The number of likely N-dealkylation sites (N-methyl/N-ethyl adjacent to an activating group) is 1. The van der Waals surface area contributed by atoms with E-state index in [2.05, 4.69) is 31.3 Å². The number of phosphoric acid groups is 1. The summed E-state index contributed by atoms with van der Waals surface area (Å²) in [6.07, 6.45) is 83.7. The van der Waals surface area contributed by atoms with Gasteiger partial charge in [-0.2, -0.15) is 0 Å². The average molecular weight is 1160 g/mol. The second-order valence-electron chi connectivity index (χ2n) is 26.3. The fourth-order valence-electron chi connectivity index (χ4n) is 11.3. The predicted molar refractivity (Wildman–Crippen MR) is 355 cm³/mol. The number of carbonyl (C=O) groups is 1.